The fourth-order valence-electron chi connectivity index (χ4n) is 1.06. The number of hydrogen-bond donors (Lipinski definition) is 0. The van der Waals surface area contributed by atoms with Crippen molar-refractivity contribution in [1.82, 2.24) is 0 Å². The molecule has 0 bridgehead atoms. The van der Waals surface area contributed by atoms with Crippen molar-refractivity contribution in [3.05, 3.63) is 0 Å². The van der Waals surface area contributed by atoms with Gasteiger partial charge in [-0.3, -0.25) is 0 Å². The van der Waals surface area contributed by atoms with Crippen LogP contribution in [-0.4, -0.2) is 12.3 Å². The lowest BCUT2D eigenvalue weighted by atomic mass is 10.2. The molecular weight excluding hydrogens is 102 g/mol. The highest BCUT2D eigenvalue weighted by molar-refractivity contribution is 5.58. The minimum Gasteiger partial charge on any atom is -0.392 e. The summed E-state index contributed by atoms with van der Waals surface area (Å²) in [6, 6.07) is 0. The molecule has 2 heteroatoms. The molecule has 0 amide bonds. The Kier molecular flexibility index (Phi) is 0.802. The predicted octanol–water partition coefficient (Wildman–Crippen LogP) is 1.17. The smallest absolute Gasteiger partial charge is 0.135 e. The highest BCUT2D eigenvalue weighted by Crippen LogP contribution is 2.36. The van der Waals surface area contributed by atoms with E-state index in [-0.39, 0.29) is 0 Å². The van der Waals surface area contributed by atoms with Gasteiger partial charge in [-0.2, -0.15) is 0 Å². The van der Waals surface area contributed by atoms with Gasteiger partial charge in [-0.25, -0.2) is 0 Å². The van der Waals surface area contributed by atoms with Crippen LogP contribution in [0.1, 0.15) is 19.3 Å². The lowest BCUT2D eigenvalue weighted by Crippen LogP contribution is -2.06. The van der Waals surface area contributed by atoms with Crippen LogP contribution in [0, 0.1) is 5.92 Å². The first-order valence-electron chi connectivity index (χ1n) is 3.14. The molecule has 0 N–H and O–H groups in total. The van der Waals surface area contributed by atoms with Crippen LogP contribution >= 0.6 is 0 Å². The van der Waals surface area contributed by atoms with Crippen LogP contribution in [0.5, 0.6) is 0 Å². The standard InChI is InChI=1S/C6H9NO/c1-2-5(1)6-3-4-7-8-6/h4-6H,1-3H2. The second kappa shape index (κ2) is 1.47. The molecule has 0 radical (unpaired) electrons. The summed E-state index contributed by atoms with van der Waals surface area (Å²) in [5.41, 5.74) is 0. The molecule has 1 heterocycles. The van der Waals surface area contributed by atoms with E-state index >= 15 is 0 Å². The molecule has 0 aromatic rings. The Morgan fingerprint density at radius 2 is 2.38 bits per heavy atom. The average molecular weight is 111 g/mol. The van der Waals surface area contributed by atoms with Gasteiger partial charge in [0.1, 0.15) is 6.10 Å². The number of hydrogen-bond acceptors (Lipinski definition) is 2. The minimum atomic E-state index is 0.454. The van der Waals surface area contributed by atoms with Crippen LogP contribution < -0.4 is 0 Å². The summed E-state index contributed by atoms with van der Waals surface area (Å²) in [5, 5.41) is 3.70. The molecule has 1 saturated carbocycles. The van der Waals surface area contributed by atoms with E-state index < -0.39 is 0 Å². The van der Waals surface area contributed by atoms with Crippen molar-refractivity contribution in [2.24, 2.45) is 11.1 Å². The molecular formula is C6H9NO. The molecule has 2 nitrogen and oxygen atoms in total. The molecule has 1 atom stereocenters. The normalized spacial score (nSPS) is 35.2. The molecule has 0 saturated heterocycles. The lowest BCUT2D eigenvalue weighted by molar-refractivity contribution is 0.0695. The van der Waals surface area contributed by atoms with Gasteiger partial charge in [0, 0.05) is 12.6 Å². The van der Waals surface area contributed by atoms with Crippen molar-refractivity contribution in [2.75, 3.05) is 0 Å². The van der Waals surface area contributed by atoms with Gasteiger partial charge in [-0.05, 0) is 18.8 Å². The van der Waals surface area contributed by atoms with Crippen LogP contribution in [0.4, 0.5) is 0 Å². The van der Waals surface area contributed by atoms with Gasteiger partial charge in [0.2, 0.25) is 0 Å². The Labute approximate surface area is 48.5 Å². The van der Waals surface area contributed by atoms with E-state index in [9.17, 15) is 0 Å². The number of oxime groups is 1. The largest absolute Gasteiger partial charge is 0.392 e. The Hall–Kier alpha value is -0.530. The molecule has 1 aliphatic heterocycles. The number of nitrogens with zero attached hydrogens (tertiary/aromatic N) is 1. The zero-order valence-electron chi connectivity index (χ0n) is 4.71. The first-order valence-corrected chi connectivity index (χ1v) is 3.14. The van der Waals surface area contributed by atoms with Gasteiger partial charge < -0.3 is 4.84 Å². The average Bonchev–Trinajstić information content (AvgIpc) is 2.49. The third kappa shape index (κ3) is 0.602. The molecule has 0 aromatic carbocycles. The van der Waals surface area contributed by atoms with Crippen LogP contribution in [0.3, 0.4) is 0 Å². The van der Waals surface area contributed by atoms with Gasteiger partial charge in [-0.1, -0.05) is 5.16 Å². The predicted molar refractivity (Wildman–Crippen MR) is 30.7 cm³/mol. The molecule has 2 rings (SSSR count). The van der Waals surface area contributed by atoms with E-state index in [2.05, 4.69) is 5.16 Å². The van der Waals surface area contributed by atoms with Crippen molar-refractivity contribution in [3.63, 3.8) is 0 Å². The SMILES string of the molecule is C1=NOC(C2CC2)C1. The zero-order chi connectivity index (χ0) is 5.40. The van der Waals surface area contributed by atoms with Gasteiger partial charge in [0.25, 0.3) is 0 Å². The quantitative estimate of drug-likeness (QED) is 0.497. The van der Waals surface area contributed by atoms with E-state index in [1.807, 2.05) is 6.21 Å². The Balaban J connectivity index is 1.90. The third-order valence-corrected chi connectivity index (χ3v) is 1.76. The fourth-order valence-corrected chi connectivity index (χ4v) is 1.06. The maximum absolute atomic E-state index is 5.05. The van der Waals surface area contributed by atoms with E-state index in [0.717, 1.165) is 12.3 Å². The van der Waals surface area contributed by atoms with Crippen molar-refractivity contribution >= 4 is 6.21 Å². The van der Waals surface area contributed by atoms with Crippen LogP contribution in [0.2, 0.25) is 0 Å². The Morgan fingerprint density at radius 1 is 1.50 bits per heavy atom. The zero-order valence-corrected chi connectivity index (χ0v) is 4.71. The Morgan fingerprint density at radius 3 is 2.88 bits per heavy atom. The van der Waals surface area contributed by atoms with Crippen molar-refractivity contribution in [1.29, 1.82) is 0 Å². The summed E-state index contributed by atoms with van der Waals surface area (Å²) in [4.78, 5) is 5.05. The Bertz CT molecular complexity index is 110. The van der Waals surface area contributed by atoms with E-state index in [0.29, 0.717) is 6.10 Å². The minimum absolute atomic E-state index is 0.454. The molecule has 2 aliphatic rings. The van der Waals surface area contributed by atoms with Crippen molar-refractivity contribution in [3.8, 4) is 0 Å². The monoisotopic (exact) mass is 111 g/mol. The summed E-state index contributed by atoms with van der Waals surface area (Å²) in [7, 11) is 0. The van der Waals surface area contributed by atoms with Gasteiger partial charge >= 0.3 is 0 Å². The number of rotatable bonds is 1. The van der Waals surface area contributed by atoms with Gasteiger partial charge in [0.05, 0.1) is 0 Å². The van der Waals surface area contributed by atoms with E-state index in [1.54, 1.807) is 0 Å². The maximum Gasteiger partial charge on any atom is 0.135 e. The molecule has 44 valence electrons. The van der Waals surface area contributed by atoms with E-state index in [1.165, 1.54) is 12.8 Å². The van der Waals surface area contributed by atoms with Crippen LogP contribution in [0.15, 0.2) is 5.16 Å². The molecule has 0 spiro atoms. The summed E-state index contributed by atoms with van der Waals surface area (Å²) in [5.74, 6) is 0.845. The first-order chi connectivity index (χ1) is 3.97. The lowest BCUT2D eigenvalue weighted by Gasteiger charge is -2.02. The first kappa shape index (κ1) is 4.36. The highest BCUT2D eigenvalue weighted by Gasteiger charge is 2.33. The van der Waals surface area contributed by atoms with Crippen LogP contribution in [-0.2, 0) is 4.84 Å². The van der Waals surface area contributed by atoms with Crippen molar-refractivity contribution < 1.29 is 4.84 Å². The second-order valence-electron chi connectivity index (χ2n) is 2.50. The molecule has 1 aliphatic carbocycles. The third-order valence-electron chi connectivity index (χ3n) is 1.76. The summed E-state index contributed by atoms with van der Waals surface area (Å²) in [6.45, 7) is 0. The topological polar surface area (TPSA) is 21.6 Å². The molecule has 0 aromatic heterocycles. The summed E-state index contributed by atoms with van der Waals surface area (Å²) < 4.78 is 0. The summed E-state index contributed by atoms with van der Waals surface area (Å²) in [6.07, 6.45) is 6.07. The molecule has 1 unspecified atom stereocenters. The highest BCUT2D eigenvalue weighted by atomic mass is 16.6. The summed E-state index contributed by atoms with van der Waals surface area (Å²) >= 11 is 0. The van der Waals surface area contributed by atoms with Gasteiger partial charge in [0.15, 0.2) is 0 Å². The van der Waals surface area contributed by atoms with E-state index in [4.69, 9.17) is 4.84 Å². The maximum atomic E-state index is 5.05. The van der Waals surface area contributed by atoms with Gasteiger partial charge in [-0.15, -0.1) is 0 Å². The molecule has 8 heavy (non-hydrogen) atoms. The fraction of sp³-hybridized carbons (Fsp3) is 0.833. The molecule has 1 fully saturated rings. The van der Waals surface area contributed by atoms with Crippen LogP contribution in [0.25, 0.3) is 0 Å². The second-order valence-corrected chi connectivity index (χ2v) is 2.50. The van der Waals surface area contributed by atoms with Crippen molar-refractivity contribution in [2.45, 2.75) is 25.4 Å².